The van der Waals surface area contributed by atoms with Crippen molar-refractivity contribution in [3.8, 4) is 0 Å². The zero-order valence-electron chi connectivity index (χ0n) is 12.2. The van der Waals surface area contributed by atoms with Gasteiger partial charge in [0.2, 0.25) is 0 Å². The number of rotatable bonds is 5. The monoisotopic (exact) mass is 305 g/mol. The third-order valence-corrected chi connectivity index (χ3v) is 5.02. The van der Waals surface area contributed by atoms with Gasteiger partial charge < -0.3 is 10.4 Å². The Labute approximate surface area is 127 Å². The number of aliphatic carboxylic acids is 1. The minimum absolute atomic E-state index is 0.309. The summed E-state index contributed by atoms with van der Waals surface area (Å²) < 4.78 is 0. The normalized spacial score (nSPS) is 15.4. The van der Waals surface area contributed by atoms with E-state index < -0.39 is 12.0 Å². The van der Waals surface area contributed by atoms with Crippen molar-refractivity contribution in [1.29, 1.82) is 0 Å². The molecule has 5 nitrogen and oxygen atoms in total. The summed E-state index contributed by atoms with van der Waals surface area (Å²) >= 11 is 1.71. The molecule has 2 heterocycles. The summed E-state index contributed by atoms with van der Waals surface area (Å²) in [5.41, 5.74) is 1.31. The van der Waals surface area contributed by atoms with E-state index in [1.807, 2.05) is 13.8 Å². The third-order valence-electron chi connectivity index (χ3n) is 3.82. The molecule has 21 heavy (non-hydrogen) atoms. The molecule has 0 bridgehead atoms. The average molecular weight is 305 g/mol. The summed E-state index contributed by atoms with van der Waals surface area (Å²) in [7, 11) is 0. The van der Waals surface area contributed by atoms with Crippen LogP contribution in [0.5, 0.6) is 0 Å². The van der Waals surface area contributed by atoms with Gasteiger partial charge in [0.25, 0.3) is 0 Å². The number of nitrogens with zero attached hydrogens (tertiary/aromatic N) is 2. The van der Waals surface area contributed by atoms with Gasteiger partial charge in [-0.3, -0.25) is 0 Å². The maximum atomic E-state index is 11.4. The van der Waals surface area contributed by atoms with Crippen LogP contribution in [-0.2, 0) is 17.6 Å². The van der Waals surface area contributed by atoms with E-state index in [4.69, 9.17) is 0 Å². The Morgan fingerprint density at radius 3 is 2.95 bits per heavy atom. The summed E-state index contributed by atoms with van der Waals surface area (Å²) in [6.07, 6.45) is 5.40. The number of carbonyl (C=O) groups is 1. The lowest BCUT2D eigenvalue weighted by molar-refractivity contribution is -0.138. The molecule has 0 amide bonds. The van der Waals surface area contributed by atoms with E-state index in [0.29, 0.717) is 18.2 Å². The third kappa shape index (κ3) is 2.72. The molecule has 3 rings (SSSR count). The van der Waals surface area contributed by atoms with Gasteiger partial charge in [-0.15, -0.1) is 11.3 Å². The Morgan fingerprint density at radius 2 is 2.24 bits per heavy atom. The number of fused-ring (bicyclic) bond motifs is 3. The molecule has 0 spiro atoms. The van der Waals surface area contributed by atoms with Crippen LogP contribution < -0.4 is 5.32 Å². The molecule has 2 aromatic rings. The van der Waals surface area contributed by atoms with Crippen molar-refractivity contribution in [2.24, 2.45) is 5.92 Å². The number of carboxylic acid groups (broad SMARTS) is 1. The molecule has 0 fully saturated rings. The van der Waals surface area contributed by atoms with Crippen LogP contribution in [0.25, 0.3) is 10.2 Å². The first-order valence-corrected chi connectivity index (χ1v) is 8.12. The predicted octanol–water partition coefficient (Wildman–Crippen LogP) is 3.09. The highest BCUT2D eigenvalue weighted by molar-refractivity contribution is 7.19. The zero-order chi connectivity index (χ0) is 15.0. The second kappa shape index (κ2) is 5.60. The van der Waals surface area contributed by atoms with Crippen molar-refractivity contribution < 1.29 is 9.90 Å². The van der Waals surface area contributed by atoms with Crippen LogP contribution in [-0.4, -0.2) is 27.1 Å². The number of anilines is 1. The Hall–Kier alpha value is -1.69. The van der Waals surface area contributed by atoms with Crippen LogP contribution in [0.4, 0.5) is 5.82 Å². The zero-order valence-corrected chi connectivity index (χ0v) is 13.0. The first kappa shape index (κ1) is 14.3. The first-order valence-electron chi connectivity index (χ1n) is 7.31. The van der Waals surface area contributed by atoms with Crippen LogP contribution in [0, 0.1) is 5.92 Å². The summed E-state index contributed by atoms with van der Waals surface area (Å²) in [4.78, 5) is 22.4. The van der Waals surface area contributed by atoms with Gasteiger partial charge >= 0.3 is 5.97 Å². The number of hydrogen-bond donors (Lipinski definition) is 2. The molecular weight excluding hydrogens is 286 g/mol. The molecular formula is C15H19N3O2S. The predicted molar refractivity (Wildman–Crippen MR) is 83.9 cm³/mol. The summed E-state index contributed by atoms with van der Waals surface area (Å²) in [6, 6.07) is -0.611. The molecule has 1 aliphatic carbocycles. The van der Waals surface area contributed by atoms with E-state index >= 15 is 0 Å². The molecule has 0 aromatic carbocycles. The minimum atomic E-state index is -0.831. The molecule has 112 valence electrons. The number of thiophene rings is 1. The fourth-order valence-electron chi connectivity index (χ4n) is 2.90. The Balaban J connectivity index is 1.98. The molecule has 0 saturated heterocycles. The van der Waals surface area contributed by atoms with Crippen molar-refractivity contribution in [3.63, 3.8) is 0 Å². The summed E-state index contributed by atoms with van der Waals surface area (Å²) in [5.74, 6) is 0.152. The molecule has 6 heteroatoms. The maximum absolute atomic E-state index is 11.4. The maximum Gasteiger partial charge on any atom is 0.326 e. The lowest BCUT2D eigenvalue weighted by Gasteiger charge is -2.17. The molecule has 2 N–H and O–H groups in total. The van der Waals surface area contributed by atoms with E-state index in [1.54, 1.807) is 11.3 Å². The molecule has 0 saturated carbocycles. The fourth-order valence-corrected chi connectivity index (χ4v) is 4.12. The van der Waals surface area contributed by atoms with Gasteiger partial charge in [-0.1, -0.05) is 13.8 Å². The molecule has 0 radical (unpaired) electrons. The van der Waals surface area contributed by atoms with Crippen LogP contribution in [0.2, 0.25) is 0 Å². The van der Waals surface area contributed by atoms with Gasteiger partial charge in [0.15, 0.2) is 0 Å². The smallest absolute Gasteiger partial charge is 0.326 e. The number of hydrogen-bond acceptors (Lipinski definition) is 5. The van der Waals surface area contributed by atoms with Crippen LogP contribution in [0.15, 0.2) is 6.33 Å². The number of aromatic nitrogens is 2. The average Bonchev–Trinajstić information content (AvgIpc) is 2.97. The second-order valence-electron chi connectivity index (χ2n) is 5.92. The van der Waals surface area contributed by atoms with E-state index in [9.17, 15) is 9.90 Å². The number of nitrogens with one attached hydrogen (secondary N) is 1. The van der Waals surface area contributed by atoms with Gasteiger partial charge in [0, 0.05) is 4.88 Å². The van der Waals surface area contributed by atoms with Crippen LogP contribution >= 0.6 is 11.3 Å². The Morgan fingerprint density at radius 1 is 1.43 bits per heavy atom. The van der Waals surface area contributed by atoms with Crippen LogP contribution in [0.3, 0.4) is 0 Å². The van der Waals surface area contributed by atoms with Crippen molar-refractivity contribution in [2.45, 2.75) is 45.6 Å². The topological polar surface area (TPSA) is 75.1 Å². The van der Waals surface area contributed by atoms with Gasteiger partial charge in [-0.05, 0) is 37.2 Å². The molecule has 1 aliphatic rings. The fraction of sp³-hybridized carbons (Fsp3) is 0.533. The van der Waals surface area contributed by atoms with Gasteiger partial charge in [-0.2, -0.15) is 0 Å². The van der Waals surface area contributed by atoms with Crippen molar-refractivity contribution in [1.82, 2.24) is 9.97 Å². The minimum Gasteiger partial charge on any atom is -0.480 e. The standard InChI is InChI=1S/C15H19N3O2S/c1-8(2)6-10(15(19)20)18-13-12-9-4-3-5-11(9)21-14(12)17-7-16-13/h7-8,10H,3-6H2,1-2H3,(H,19,20)(H,16,17,18). The molecule has 1 unspecified atom stereocenters. The highest BCUT2D eigenvalue weighted by atomic mass is 32.1. The van der Waals surface area contributed by atoms with Crippen LogP contribution in [0.1, 0.15) is 37.1 Å². The SMILES string of the molecule is CC(C)CC(Nc1ncnc2sc3c(c12)CCC3)C(=O)O. The second-order valence-corrected chi connectivity index (χ2v) is 7.01. The number of carboxylic acids is 1. The van der Waals surface area contributed by atoms with E-state index in [0.717, 1.165) is 23.1 Å². The lowest BCUT2D eigenvalue weighted by atomic mass is 10.0. The highest BCUT2D eigenvalue weighted by Gasteiger charge is 2.24. The first-order chi connectivity index (χ1) is 10.1. The molecule has 0 aliphatic heterocycles. The van der Waals surface area contributed by atoms with Gasteiger partial charge in [0.05, 0.1) is 5.39 Å². The molecule has 1 atom stereocenters. The quantitative estimate of drug-likeness (QED) is 0.888. The van der Waals surface area contributed by atoms with Crippen molar-refractivity contribution in [2.75, 3.05) is 5.32 Å². The van der Waals surface area contributed by atoms with Crippen molar-refractivity contribution >= 4 is 33.3 Å². The molecule has 2 aromatic heterocycles. The number of aryl methyl sites for hydroxylation is 2. The van der Waals surface area contributed by atoms with E-state index in [-0.39, 0.29) is 0 Å². The summed E-state index contributed by atoms with van der Waals surface area (Å²) in [5, 5.41) is 13.6. The summed E-state index contributed by atoms with van der Waals surface area (Å²) in [6.45, 7) is 4.05. The van der Waals surface area contributed by atoms with Gasteiger partial charge in [0.1, 0.15) is 23.0 Å². The Bertz CT molecular complexity index is 681. The largest absolute Gasteiger partial charge is 0.480 e. The van der Waals surface area contributed by atoms with Crippen molar-refractivity contribution in [3.05, 3.63) is 16.8 Å². The highest BCUT2D eigenvalue weighted by Crippen LogP contribution is 2.39. The van der Waals surface area contributed by atoms with E-state index in [2.05, 4.69) is 15.3 Å². The van der Waals surface area contributed by atoms with Gasteiger partial charge in [-0.25, -0.2) is 14.8 Å². The van der Waals surface area contributed by atoms with E-state index in [1.165, 1.54) is 23.2 Å². The lowest BCUT2D eigenvalue weighted by Crippen LogP contribution is -2.31. The Kier molecular flexibility index (Phi) is 3.80.